The molecule has 4 aromatic rings. The molecule has 2 aromatic carbocycles. The minimum atomic E-state index is -1.07. The molecule has 268 valence electrons. The number of fused-ring (bicyclic) bond motifs is 2. The molecule has 14 heteroatoms. The van der Waals surface area contributed by atoms with Gasteiger partial charge in [-0.25, -0.2) is 0 Å². The SMILES string of the molecule is CCc1c(C)nn(CC(=O)N2CCNC(=O)[C@@H](Cc3ccccc3)NC(=O)[C@H](Cc3ccccc3)NC(=O)[C@H](C)NC(=O)c3cc(on3)C2)c1C. The van der Waals surface area contributed by atoms with Crippen LogP contribution in [0.1, 0.15) is 58.2 Å². The molecule has 0 saturated heterocycles. The van der Waals surface area contributed by atoms with Crippen molar-refractivity contribution in [1.82, 2.24) is 41.1 Å². The van der Waals surface area contributed by atoms with Crippen molar-refractivity contribution in [2.75, 3.05) is 13.1 Å². The fourth-order valence-corrected chi connectivity index (χ4v) is 6.06. The largest absolute Gasteiger partial charge is 0.359 e. The zero-order chi connectivity index (χ0) is 36.5. The maximum absolute atomic E-state index is 13.9. The summed E-state index contributed by atoms with van der Waals surface area (Å²) in [6, 6.07) is 16.7. The smallest absolute Gasteiger partial charge is 0.274 e. The lowest BCUT2D eigenvalue weighted by atomic mass is 10.0. The van der Waals surface area contributed by atoms with Gasteiger partial charge in [0.15, 0.2) is 11.5 Å². The number of amides is 5. The molecule has 0 unspecified atom stereocenters. The fourth-order valence-electron chi connectivity index (χ4n) is 6.06. The molecule has 5 rings (SSSR count). The van der Waals surface area contributed by atoms with Crippen LogP contribution >= 0.6 is 0 Å². The molecule has 0 fully saturated rings. The van der Waals surface area contributed by atoms with Crippen LogP contribution < -0.4 is 21.3 Å². The molecule has 14 nitrogen and oxygen atoms in total. The number of aromatic nitrogens is 3. The van der Waals surface area contributed by atoms with Gasteiger partial charge in [0.1, 0.15) is 24.7 Å². The Bertz CT molecular complexity index is 1850. The number of nitrogens with zero attached hydrogens (tertiary/aromatic N) is 4. The first-order valence-electron chi connectivity index (χ1n) is 17.1. The number of nitrogens with one attached hydrogen (secondary N) is 4. The molecule has 3 atom stereocenters. The lowest BCUT2D eigenvalue weighted by Gasteiger charge is -2.26. The Balaban J connectivity index is 1.44. The topological polar surface area (TPSA) is 181 Å². The van der Waals surface area contributed by atoms with Crippen LogP contribution in [0.4, 0.5) is 0 Å². The van der Waals surface area contributed by atoms with Crippen molar-refractivity contribution in [2.24, 2.45) is 0 Å². The van der Waals surface area contributed by atoms with Crippen molar-refractivity contribution in [3.63, 3.8) is 0 Å². The first kappa shape index (κ1) is 36.5. The van der Waals surface area contributed by atoms with Crippen LogP contribution in [0.5, 0.6) is 0 Å². The average molecular weight is 697 g/mol. The third-order valence-corrected chi connectivity index (χ3v) is 8.91. The molecular formula is C37H44N8O6. The third-order valence-electron chi connectivity index (χ3n) is 8.91. The summed E-state index contributed by atoms with van der Waals surface area (Å²) in [6.07, 6.45) is 1.09. The van der Waals surface area contributed by atoms with E-state index < -0.39 is 41.8 Å². The molecule has 4 N–H and O–H groups in total. The summed E-state index contributed by atoms with van der Waals surface area (Å²) < 4.78 is 7.10. The van der Waals surface area contributed by atoms with Gasteiger partial charge in [-0.15, -0.1) is 0 Å². The van der Waals surface area contributed by atoms with E-state index in [1.54, 1.807) is 4.68 Å². The van der Waals surface area contributed by atoms with Crippen LogP contribution in [-0.4, -0.2) is 80.6 Å². The van der Waals surface area contributed by atoms with E-state index in [-0.39, 0.29) is 56.4 Å². The van der Waals surface area contributed by atoms with Crippen molar-refractivity contribution >= 4 is 29.5 Å². The highest BCUT2D eigenvalue weighted by molar-refractivity contribution is 5.97. The van der Waals surface area contributed by atoms with E-state index in [4.69, 9.17) is 4.52 Å². The van der Waals surface area contributed by atoms with Crippen molar-refractivity contribution in [3.05, 3.63) is 106 Å². The van der Waals surface area contributed by atoms with Crippen LogP contribution in [0.25, 0.3) is 0 Å². The Morgan fingerprint density at radius 3 is 2.08 bits per heavy atom. The Morgan fingerprint density at radius 2 is 1.47 bits per heavy atom. The highest BCUT2D eigenvalue weighted by atomic mass is 16.5. The minimum absolute atomic E-state index is 0.0453. The zero-order valence-electron chi connectivity index (χ0n) is 29.3. The van der Waals surface area contributed by atoms with E-state index in [1.807, 2.05) is 81.4 Å². The quantitative estimate of drug-likeness (QED) is 0.226. The standard InChI is InChI=1S/C37H44N8O6/c1-5-29-23(2)42-45(25(29)4)22-33(46)44-17-16-38-35(48)30(18-26-12-8-6-9-13-26)41-36(49)31(19-27-14-10-7-11-15-27)40-34(47)24(3)39-37(50)32-20-28(21-44)51-43-32/h6-15,20,24,30-31H,5,16-19,21-22H2,1-4H3,(H,38,48)(H,39,50)(H,40,47)(H,41,49)/t24-,30+,31-/m0/s1. The van der Waals surface area contributed by atoms with Crippen LogP contribution in [-0.2, 0) is 51.5 Å². The second-order valence-corrected chi connectivity index (χ2v) is 12.6. The molecule has 0 saturated carbocycles. The molecule has 51 heavy (non-hydrogen) atoms. The van der Waals surface area contributed by atoms with Crippen LogP contribution in [0.2, 0.25) is 0 Å². The van der Waals surface area contributed by atoms with Crippen LogP contribution in [0.3, 0.4) is 0 Å². The van der Waals surface area contributed by atoms with Gasteiger partial charge in [-0.3, -0.25) is 28.7 Å². The number of hydrogen-bond acceptors (Lipinski definition) is 8. The summed E-state index contributed by atoms with van der Waals surface area (Å²) >= 11 is 0. The highest BCUT2D eigenvalue weighted by Crippen LogP contribution is 2.15. The van der Waals surface area contributed by atoms with Crippen molar-refractivity contribution < 1.29 is 28.5 Å². The number of hydrogen-bond donors (Lipinski definition) is 4. The van der Waals surface area contributed by atoms with Crippen molar-refractivity contribution in [1.29, 1.82) is 0 Å². The van der Waals surface area contributed by atoms with Crippen molar-refractivity contribution in [3.8, 4) is 0 Å². The van der Waals surface area contributed by atoms with E-state index in [0.29, 0.717) is 0 Å². The predicted octanol–water partition coefficient (Wildman–Crippen LogP) is 1.78. The third kappa shape index (κ3) is 9.47. The van der Waals surface area contributed by atoms with Gasteiger partial charge in [-0.2, -0.15) is 5.10 Å². The van der Waals surface area contributed by atoms with E-state index in [2.05, 4.69) is 31.5 Å². The lowest BCUT2D eigenvalue weighted by molar-refractivity contribution is -0.134. The van der Waals surface area contributed by atoms with Gasteiger partial charge < -0.3 is 30.7 Å². The molecule has 0 radical (unpaired) electrons. The fraction of sp³-hybridized carbons (Fsp3) is 0.378. The Labute approximate surface area is 296 Å². The first-order chi connectivity index (χ1) is 24.5. The maximum atomic E-state index is 13.9. The summed E-state index contributed by atoms with van der Waals surface area (Å²) in [7, 11) is 0. The Kier molecular flexibility index (Phi) is 12.0. The Morgan fingerprint density at radius 1 is 0.863 bits per heavy atom. The molecule has 2 aromatic heterocycles. The molecular weight excluding hydrogens is 652 g/mol. The molecule has 1 aliphatic heterocycles. The normalized spacial score (nSPS) is 19.3. The summed E-state index contributed by atoms with van der Waals surface area (Å²) in [4.78, 5) is 69.3. The molecule has 1 aliphatic rings. The van der Waals surface area contributed by atoms with E-state index in [1.165, 1.54) is 17.9 Å². The highest BCUT2D eigenvalue weighted by Gasteiger charge is 2.30. The van der Waals surface area contributed by atoms with Gasteiger partial charge >= 0.3 is 0 Å². The second-order valence-electron chi connectivity index (χ2n) is 12.6. The zero-order valence-corrected chi connectivity index (χ0v) is 29.3. The summed E-state index contributed by atoms with van der Waals surface area (Å²) in [5, 5.41) is 19.5. The molecule has 5 amide bonds. The number of rotatable bonds is 7. The molecule has 3 heterocycles. The van der Waals surface area contributed by atoms with E-state index in [0.717, 1.165) is 34.5 Å². The number of aryl methyl sites for hydroxylation is 1. The predicted molar refractivity (Wildman–Crippen MR) is 187 cm³/mol. The average Bonchev–Trinajstić information content (AvgIpc) is 3.70. The van der Waals surface area contributed by atoms with Gasteiger partial charge in [0, 0.05) is 37.7 Å². The van der Waals surface area contributed by atoms with E-state index >= 15 is 0 Å². The van der Waals surface area contributed by atoms with Crippen LogP contribution in [0, 0.1) is 13.8 Å². The molecule has 0 aliphatic carbocycles. The number of carbonyl (C=O) groups is 5. The van der Waals surface area contributed by atoms with Gasteiger partial charge in [0.2, 0.25) is 23.6 Å². The summed E-state index contributed by atoms with van der Waals surface area (Å²) in [5.41, 5.74) is 4.32. The molecule has 0 spiro atoms. The summed E-state index contributed by atoms with van der Waals surface area (Å²) in [6.45, 7) is 7.37. The second kappa shape index (κ2) is 16.7. The van der Waals surface area contributed by atoms with Gasteiger partial charge in [0.25, 0.3) is 5.91 Å². The first-order valence-corrected chi connectivity index (χ1v) is 17.1. The maximum Gasteiger partial charge on any atom is 0.274 e. The summed E-state index contributed by atoms with van der Waals surface area (Å²) in [5.74, 6) is -2.37. The number of carbonyl (C=O) groups excluding carboxylic acids is 5. The van der Waals surface area contributed by atoms with Crippen LogP contribution in [0.15, 0.2) is 71.3 Å². The van der Waals surface area contributed by atoms with Gasteiger partial charge in [-0.1, -0.05) is 72.7 Å². The molecule has 2 bridgehead atoms. The van der Waals surface area contributed by atoms with Gasteiger partial charge in [-0.05, 0) is 43.9 Å². The number of benzene rings is 2. The monoisotopic (exact) mass is 696 g/mol. The van der Waals surface area contributed by atoms with E-state index in [9.17, 15) is 24.0 Å². The minimum Gasteiger partial charge on any atom is -0.359 e. The lowest BCUT2D eigenvalue weighted by Crippen LogP contribution is -2.57. The Hall–Kier alpha value is -5.79. The van der Waals surface area contributed by atoms with Gasteiger partial charge in [0.05, 0.1) is 12.2 Å². The van der Waals surface area contributed by atoms with Crippen molar-refractivity contribution in [2.45, 2.75) is 78.2 Å².